The molecule has 132 valence electrons. The van der Waals surface area contributed by atoms with E-state index < -0.39 is 0 Å². The molecule has 0 aromatic carbocycles. The van der Waals surface area contributed by atoms with Crippen LogP contribution in [0.4, 0.5) is 5.00 Å². The number of quaternary nitrogens is 2. The predicted octanol–water partition coefficient (Wildman–Crippen LogP) is -0.796. The van der Waals surface area contributed by atoms with Crippen LogP contribution in [0.25, 0.3) is 0 Å². The summed E-state index contributed by atoms with van der Waals surface area (Å²) >= 11 is 1.56. The van der Waals surface area contributed by atoms with Gasteiger partial charge in [-0.15, -0.1) is 11.3 Å². The molecule has 0 unspecified atom stereocenters. The molecule has 0 atom stereocenters. The van der Waals surface area contributed by atoms with Crippen molar-refractivity contribution in [3.63, 3.8) is 0 Å². The molecule has 6 nitrogen and oxygen atoms in total. The van der Waals surface area contributed by atoms with Crippen LogP contribution in [0.3, 0.4) is 0 Å². The van der Waals surface area contributed by atoms with Crippen LogP contribution in [0, 0.1) is 0 Å². The highest BCUT2D eigenvalue weighted by atomic mass is 32.1. The van der Waals surface area contributed by atoms with Crippen LogP contribution < -0.4 is 15.5 Å². The van der Waals surface area contributed by atoms with Crippen molar-refractivity contribution < 1.29 is 24.5 Å². The van der Waals surface area contributed by atoms with E-state index in [1.54, 1.807) is 11.3 Å². The summed E-state index contributed by atoms with van der Waals surface area (Å²) in [4.78, 5) is 27.4. The summed E-state index contributed by atoms with van der Waals surface area (Å²) in [5.41, 5.74) is 1.70. The van der Waals surface area contributed by atoms with Gasteiger partial charge in [-0.05, 0) is 38.2 Å². The zero-order valence-electron chi connectivity index (χ0n) is 14.3. The monoisotopic (exact) mass is 353 g/mol. The number of amides is 1. The maximum Gasteiger partial charge on any atom is 0.341 e. The number of hydrogen-bond acceptors (Lipinski definition) is 4. The second-order valence-electron chi connectivity index (χ2n) is 6.48. The molecule has 0 bridgehead atoms. The van der Waals surface area contributed by atoms with E-state index in [1.807, 2.05) is 6.92 Å². The average molecular weight is 353 g/mol. The second-order valence-corrected chi connectivity index (χ2v) is 7.58. The standard InChI is InChI=1S/C17H25N3O3S/c1-2-23-17(22)15-12-5-3-4-6-13(12)24-16(15)19-14(21)11-20-9-7-18-8-10-20/h18H,2-11H2,1H3,(H,19,21)/p+2. The summed E-state index contributed by atoms with van der Waals surface area (Å²) in [5, 5.41) is 5.98. The first-order valence-electron chi connectivity index (χ1n) is 8.95. The highest BCUT2D eigenvalue weighted by molar-refractivity contribution is 7.17. The van der Waals surface area contributed by atoms with E-state index in [0.29, 0.717) is 23.7 Å². The Hall–Kier alpha value is -1.44. The molecule has 1 aliphatic heterocycles. The molecule has 1 amide bonds. The number of fused-ring (bicyclic) bond motifs is 1. The molecule has 24 heavy (non-hydrogen) atoms. The number of hydrogen-bond donors (Lipinski definition) is 3. The largest absolute Gasteiger partial charge is 0.462 e. The van der Waals surface area contributed by atoms with Gasteiger partial charge in [0.1, 0.15) is 31.2 Å². The Balaban J connectivity index is 1.75. The fraction of sp³-hybridized carbons (Fsp3) is 0.647. The van der Waals surface area contributed by atoms with Crippen LogP contribution in [0.1, 0.15) is 40.6 Å². The molecule has 7 heteroatoms. The molecule has 0 saturated carbocycles. The first-order chi connectivity index (χ1) is 11.7. The van der Waals surface area contributed by atoms with Gasteiger partial charge in [-0.25, -0.2) is 4.79 Å². The van der Waals surface area contributed by atoms with Gasteiger partial charge in [-0.3, -0.25) is 4.79 Å². The fourth-order valence-corrected chi connectivity index (χ4v) is 4.82. The number of thiophene rings is 1. The van der Waals surface area contributed by atoms with Crippen molar-refractivity contribution in [2.45, 2.75) is 32.6 Å². The lowest BCUT2D eigenvalue weighted by atomic mass is 9.95. The Bertz CT molecular complexity index is 608. The SMILES string of the molecule is CCOC(=O)c1c(NC(=O)C[NH+]2CC[NH2+]CC2)sc2c1CCCC2. The van der Waals surface area contributed by atoms with Crippen LogP contribution in [0.2, 0.25) is 0 Å². The number of rotatable bonds is 5. The minimum Gasteiger partial charge on any atom is -0.462 e. The van der Waals surface area contributed by atoms with Crippen LogP contribution in [-0.4, -0.2) is 51.2 Å². The molecular formula is C17H27N3O3S+2. The van der Waals surface area contributed by atoms with Crippen molar-refractivity contribution in [3.05, 3.63) is 16.0 Å². The third-order valence-electron chi connectivity index (χ3n) is 4.72. The Morgan fingerprint density at radius 3 is 2.75 bits per heavy atom. The maximum atomic E-state index is 12.4. The second kappa shape index (κ2) is 8.09. The maximum absolute atomic E-state index is 12.4. The molecule has 0 radical (unpaired) electrons. The summed E-state index contributed by atoms with van der Waals surface area (Å²) in [5.74, 6) is -0.303. The quantitative estimate of drug-likeness (QED) is 0.607. The van der Waals surface area contributed by atoms with Gasteiger partial charge < -0.3 is 20.3 Å². The summed E-state index contributed by atoms with van der Waals surface area (Å²) < 4.78 is 5.23. The van der Waals surface area contributed by atoms with Crippen LogP contribution in [-0.2, 0) is 22.4 Å². The number of nitrogens with two attached hydrogens (primary N) is 1. The van der Waals surface area contributed by atoms with E-state index in [0.717, 1.165) is 57.4 Å². The summed E-state index contributed by atoms with van der Waals surface area (Å²) in [6.45, 7) is 6.81. The number of aryl methyl sites for hydroxylation is 1. The van der Waals surface area contributed by atoms with Crippen molar-refractivity contribution in [2.24, 2.45) is 0 Å². The molecular weight excluding hydrogens is 326 g/mol. The van der Waals surface area contributed by atoms with Gasteiger partial charge in [0.05, 0.1) is 12.2 Å². The summed E-state index contributed by atoms with van der Waals surface area (Å²) in [6.07, 6.45) is 4.15. The number of carbonyl (C=O) groups excluding carboxylic acids is 2. The van der Waals surface area contributed by atoms with E-state index in [9.17, 15) is 9.59 Å². The normalized spacial score (nSPS) is 18.0. The number of piperazine rings is 1. The minimum absolute atomic E-state index is 0.00366. The molecule has 0 spiro atoms. The van der Waals surface area contributed by atoms with Gasteiger partial charge >= 0.3 is 5.97 Å². The first kappa shape index (κ1) is 17.4. The molecule has 2 aliphatic rings. The third-order valence-corrected chi connectivity index (χ3v) is 5.93. The lowest BCUT2D eigenvalue weighted by Gasteiger charge is -2.21. The Labute approximate surface area is 146 Å². The zero-order chi connectivity index (χ0) is 16.9. The van der Waals surface area contributed by atoms with Crippen molar-refractivity contribution in [3.8, 4) is 0 Å². The molecule has 1 fully saturated rings. The van der Waals surface area contributed by atoms with E-state index in [1.165, 1.54) is 9.78 Å². The first-order valence-corrected chi connectivity index (χ1v) is 9.77. The van der Waals surface area contributed by atoms with E-state index in [-0.39, 0.29) is 11.9 Å². The van der Waals surface area contributed by atoms with Gasteiger partial charge in [0.15, 0.2) is 6.54 Å². The molecule has 2 heterocycles. The molecule has 3 rings (SSSR count). The number of nitrogens with one attached hydrogen (secondary N) is 2. The third kappa shape index (κ3) is 3.96. The number of carbonyl (C=O) groups is 2. The van der Waals surface area contributed by atoms with Gasteiger partial charge in [0, 0.05) is 4.88 Å². The van der Waals surface area contributed by atoms with E-state index in [4.69, 9.17) is 4.74 Å². The molecule has 1 saturated heterocycles. The topological polar surface area (TPSA) is 76.4 Å². The van der Waals surface area contributed by atoms with Crippen LogP contribution >= 0.6 is 11.3 Å². The van der Waals surface area contributed by atoms with Crippen molar-refractivity contribution in [1.29, 1.82) is 0 Å². The lowest BCUT2D eigenvalue weighted by Crippen LogP contribution is -3.21. The van der Waals surface area contributed by atoms with Gasteiger partial charge in [-0.1, -0.05) is 0 Å². The van der Waals surface area contributed by atoms with E-state index in [2.05, 4.69) is 10.6 Å². The van der Waals surface area contributed by atoms with E-state index >= 15 is 0 Å². The van der Waals surface area contributed by atoms with Gasteiger partial charge in [0.2, 0.25) is 0 Å². The number of esters is 1. The highest BCUT2D eigenvalue weighted by Gasteiger charge is 2.28. The van der Waals surface area contributed by atoms with Crippen molar-refractivity contribution in [1.82, 2.24) is 0 Å². The Morgan fingerprint density at radius 1 is 1.25 bits per heavy atom. The highest BCUT2D eigenvalue weighted by Crippen LogP contribution is 2.38. The molecule has 4 N–H and O–H groups in total. The predicted molar refractivity (Wildman–Crippen MR) is 92.8 cm³/mol. The Kier molecular flexibility index (Phi) is 5.86. The zero-order valence-corrected chi connectivity index (χ0v) is 15.1. The van der Waals surface area contributed by atoms with Gasteiger partial charge in [-0.2, -0.15) is 0 Å². The summed E-state index contributed by atoms with van der Waals surface area (Å²) in [6, 6.07) is 0. The van der Waals surface area contributed by atoms with Crippen LogP contribution in [0.5, 0.6) is 0 Å². The molecule has 1 aromatic heterocycles. The molecule has 1 aliphatic carbocycles. The minimum atomic E-state index is -0.299. The fourth-order valence-electron chi connectivity index (χ4n) is 3.53. The number of anilines is 1. The Morgan fingerprint density at radius 2 is 2.00 bits per heavy atom. The lowest BCUT2D eigenvalue weighted by molar-refractivity contribution is -0.940. The van der Waals surface area contributed by atoms with Crippen molar-refractivity contribution in [2.75, 3.05) is 44.6 Å². The van der Waals surface area contributed by atoms with Crippen LogP contribution in [0.15, 0.2) is 0 Å². The average Bonchev–Trinajstić information content (AvgIpc) is 2.93. The number of ether oxygens (including phenoxy) is 1. The smallest absolute Gasteiger partial charge is 0.341 e. The van der Waals surface area contributed by atoms with Crippen molar-refractivity contribution >= 4 is 28.2 Å². The summed E-state index contributed by atoms with van der Waals surface area (Å²) in [7, 11) is 0. The molecule has 1 aromatic rings. The van der Waals surface area contributed by atoms with Gasteiger partial charge in [0.25, 0.3) is 5.91 Å².